The van der Waals surface area contributed by atoms with Gasteiger partial charge < -0.3 is 10.2 Å². The molecule has 0 aromatic carbocycles. The van der Waals surface area contributed by atoms with Crippen molar-refractivity contribution in [3.8, 4) is 0 Å². The third-order valence-corrected chi connectivity index (χ3v) is 1.92. The molecule has 1 heterocycles. The van der Waals surface area contributed by atoms with E-state index < -0.39 is 0 Å². The normalized spacial score (nSPS) is 18.1. The monoisotopic (exact) mass is 155 g/mol. The van der Waals surface area contributed by atoms with E-state index in [9.17, 15) is 4.79 Å². The number of nitrogens with zero attached hydrogens (tertiary/aromatic N) is 1. The van der Waals surface area contributed by atoms with Crippen LogP contribution in [0.3, 0.4) is 0 Å². The molecule has 1 aliphatic heterocycles. The number of nitrogens with one attached hydrogen (secondary N) is 1. The molecule has 0 saturated carbocycles. The van der Waals surface area contributed by atoms with E-state index in [1.54, 1.807) is 0 Å². The van der Waals surface area contributed by atoms with Crippen molar-refractivity contribution < 1.29 is 4.79 Å². The summed E-state index contributed by atoms with van der Waals surface area (Å²) in [7, 11) is 0. The largest absolute Gasteiger partial charge is 0.338 e. The van der Waals surface area contributed by atoms with Crippen molar-refractivity contribution in [3.05, 3.63) is 6.92 Å². The summed E-state index contributed by atoms with van der Waals surface area (Å²) in [5, 5.41) is 2.69. The Balaban J connectivity index is 2.27. The van der Waals surface area contributed by atoms with Gasteiger partial charge in [0.2, 0.25) is 0 Å². The van der Waals surface area contributed by atoms with Crippen molar-refractivity contribution >= 4 is 6.03 Å². The number of rotatable bonds is 1. The minimum absolute atomic E-state index is 0.0414. The van der Waals surface area contributed by atoms with Crippen molar-refractivity contribution in [1.29, 1.82) is 0 Å². The summed E-state index contributed by atoms with van der Waals surface area (Å²) < 4.78 is 0. The van der Waals surface area contributed by atoms with E-state index in [-0.39, 0.29) is 6.03 Å². The second-order valence-electron chi connectivity index (χ2n) is 2.78. The molecule has 0 bridgehead atoms. The maximum Gasteiger partial charge on any atom is 0.317 e. The molecule has 0 spiro atoms. The topological polar surface area (TPSA) is 32.3 Å². The molecule has 1 fully saturated rings. The first-order valence-electron chi connectivity index (χ1n) is 4.16. The van der Waals surface area contributed by atoms with Crippen LogP contribution >= 0.6 is 0 Å². The van der Waals surface area contributed by atoms with Gasteiger partial charge in [0, 0.05) is 19.6 Å². The second kappa shape index (κ2) is 4.21. The molecule has 11 heavy (non-hydrogen) atoms. The predicted octanol–water partition coefficient (Wildman–Crippen LogP) is 1.02. The Bertz CT molecular complexity index is 130. The Morgan fingerprint density at radius 1 is 1.36 bits per heavy atom. The highest BCUT2D eigenvalue weighted by Crippen LogP contribution is 2.07. The Kier molecular flexibility index (Phi) is 3.20. The van der Waals surface area contributed by atoms with Crippen LogP contribution in [-0.2, 0) is 0 Å². The lowest BCUT2D eigenvalue weighted by molar-refractivity contribution is 0.187. The molecule has 1 radical (unpaired) electrons. The van der Waals surface area contributed by atoms with Crippen LogP contribution in [0.1, 0.15) is 19.3 Å². The standard InChI is InChI=1S/C8H15N2O/c1-2-9-8(11)10-6-4-3-5-7-10/h1-7H2,(H,9,11). The fourth-order valence-corrected chi connectivity index (χ4v) is 1.32. The summed E-state index contributed by atoms with van der Waals surface area (Å²) in [6, 6.07) is 0.0414. The lowest BCUT2D eigenvalue weighted by atomic mass is 10.1. The number of likely N-dealkylation sites (tertiary alicyclic amines) is 1. The third-order valence-electron chi connectivity index (χ3n) is 1.92. The van der Waals surface area contributed by atoms with Crippen molar-refractivity contribution in [2.75, 3.05) is 19.6 Å². The van der Waals surface area contributed by atoms with Crippen LogP contribution in [0.25, 0.3) is 0 Å². The average Bonchev–Trinajstić information content (AvgIpc) is 2.07. The summed E-state index contributed by atoms with van der Waals surface area (Å²) in [6.45, 7) is 5.86. The van der Waals surface area contributed by atoms with Crippen molar-refractivity contribution in [2.45, 2.75) is 19.3 Å². The molecule has 1 rings (SSSR count). The van der Waals surface area contributed by atoms with Crippen LogP contribution in [0.4, 0.5) is 4.79 Å². The van der Waals surface area contributed by atoms with E-state index >= 15 is 0 Å². The number of hydrogen-bond acceptors (Lipinski definition) is 1. The maximum absolute atomic E-state index is 11.2. The van der Waals surface area contributed by atoms with Gasteiger partial charge in [0.25, 0.3) is 0 Å². The SMILES string of the molecule is [CH2]CNC(=O)N1CCCCC1. The zero-order valence-corrected chi connectivity index (χ0v) is 6.81. The zero-order chi connectivity index (χ0) is 8.10. The first kappa shape index (κ1) is 8.37. The van der Waals surface area contributed by atoms with Gasteiger partial charge in [-0.3, -0.25) is 0 Å². The first-order chi connectivity index (χ1) is 5.34. The Labute approximate surface area is 67.8 Å². The number of urea groups is 1. The highest BCUT2D eigenvalue weighted by Gasteiger charge is 2.14. The van der Waals surface area contributed by atoms with Crippen molar-refractivity contribution in [2.24, 2.45) is 0 Å². The minimum atomic E-state index is 0.0414. The Hall–Kier alpha value is -0.730. The van der Waals surface area contributed by atoms with E-state index in [1.807, 2.05) is 4.90 Å². The van der Waals surface area contributed by atoms with E-state index in [4.69, 9.17) is 0 Å². The second-order valence-corrected chi connectivity index (χ2v) is 2.78. The van der Waals surface area contributed by atoms with Crippen molar-refractivity contribution in [1.82, 2.24) is 10.2 Å². The minimum Gasteiger partial charge on any atom is -0.338 e. The maximum atomic E-state index is 11.2. The molecule has 0 aliphatic carbocycles. The molecule has 1 N–H and O–H groups in total. The lowest BCUT2D eigenvalue weighted by Crippen LogP contribution is -2.42. The van der Waals surface area contributed by atoms with Crippen LogP contribution in [0.5, 0.6) is 0 Å². The molecule has 0 unspecified atom stereocenters. The number of amides is 2. The molecule has 2 amide bonds. The van der Waals surface area contributed by atoms with E-state index in [1.165, 1.54) is 6.42 Å². The fourth-order valence-electron chi connectivity index (χ4n) is 1.32. The molecule has 1 aliphatic rings. The third kappa shape index (κ3) is 2.41. The zero-order valence-electron chi connectivity index (χ0n) is 6.81. The molecule has 0 aromatic heterocycles. The molecule has 0 atom stereocenters. The van der Waals surface area contributed by atoms with E-state index in [0.717, 1.165) is 25.9 Å². The van der Waals surface area contributed by atoms with Crippen molar-refractivity contribution in [3.63, 3.8) is 0 Å². The van der Waals surface area contributed by atoms with Gasteiger partial charge >= 0.3 is 6.03 Å². The van der Waals surface area contributed by atoms with Gasteiger partial charge in [0.1, 0.15) is 0 Å². The van der Waals surface area contributed by atoms with Gasteiger partial charge in [0.15, 0.2) is 0 Å². The van der Waals surface area contributed by atoms with Gasteiger partial charge in [-0.25, -0.2) is 4.79 Å². The number of carbonyl (C=O) groups is 1. The molecule has 3 nitrogen and oxygen atoms in total. The fraction of sp³-hybridized carbons (Fsp3) is 0.750. The van der Waals surface area contributed by atoms with Gasteiger partial charge in [0.05, 0.1) is 0 Å². The lowest BCUT2D eigenvalue weighted by Gasteiger charge is -2.26. The summed E-state index contributed by atoms with van der Waals surface area (Å²) >= 11 is 0. The molecule has 3 heteroatoms. The summed E-state index contributed by atoms with van der Waals surface area (Å²) in [4.78, 5) is 13.0. The van der Waals surface area contributed by atoms with E-state index in [2.05, 4.69) is 12.2 Å². The van der Waals surface area contributed by atoms with Gasteiger partial charge in [-0.15, -0.1) is 0 Å². The van der Waals surface area contributed by atoms with Crippen LogP contribution < -0.4 is 5.32 Å². The van der Waals surface area contributed by atoms with Gasteiger partial charge in [-0.1, -0.05) is 0 Å². The molecule has 63 valence electrons. The molecular weight excluding hydrogens is 140 g/mol. The number of piperidine rings is 1. The van der Waals surface area contributed by atoms with Crippen LogP contribution in [0.2, 0.25) is 0 Å². The number of hydrogen-bond donors (Lipinski definition) is 1. The van der Waals surface area contributed by atoms with Crippen LogP contribution in [0, 0.1) is 6.92 Å². The predicted molar refractivity (Wildman–Crippen MR) is 44.2 cm³/mol. The van der Waals surface area contributed by atoms with Crippen LogP contribution in [-0.4, -0.2) is 30.6 Å². The molecule has 0 aromatic rings. The Morgan fingerprint density at radius 2 is 2.00 bits per heavy atom. The number of carbonyl (C=O) groups excluding carboxylic acids is 1. The van der Waals surface area contributed by atoms with Gasteiger partial charge in [-0.2, -0.15) is 0 Å². The summed E-state index contributed by atoms with van der Waals surface area (Å²) in [5.41, 5.74) is 0. The smallest absolute Gasteiger partial charge is 0.317 e. The Morgan fingerprint density at radius 3 is 2.55 bits per heavy atom. The quantitative estimate of drug-likeness (QED) is 0.602. The van der Waals surface area contributed by atoms with Gasteiger partial charge in [-0.05, 0) is 26.2 Å². The molecule has 1 saturated heterocycles. The van der Waals surface area contributed by atoms with Crippen LogP contribution in [0.15, 0.2) is 0 Å². The highest BCUT2D eigenvalue weighted by atomic mass is 16.2. The average molecular weight is 155 g/mol. The highest BCUT2D eigenvalue weighted by molar-refractivity contribution is 5.74. The summed E-state index contributed by atoms with van der Waals surface area (Å²) in [6.07, 6.45) is 3.54. The molecular formula is C8H15N2O. The first-order valence-corrected chi connectivity index (χ1v) is 4.16. The van der Waals surface area contributed by atoms with E-state index in [0.29, 0.717) is 6.54 Å². The summed E-state index contributed by atoms with van der Waals surface area (Å²) in [5.74, 6) is 0.